The van der Waals surface area contributed by atoms with Gasteiger partial charge in [0, 0.05) is 0 Å². The molecule has 1 aromatic rings. The summed E-state index contributed by atoms with van der Waals surface area (Å²) in [5.74, 6) is 0. The first-order valence-electron chi connectivity index (χ1n) is 13.2. The summed E-state index contributed by atoms with van der Waals surface area (Å²) in [6.07, 6.45) is 19.6. The molecule has 0 aliphatic rings. The van der Waals surface area contributed by atoms with Crippen molar-refractivity contribution in [3.05, 3.63) is 29.8 Å². The van der Waals surface area contributed by atoms with Crippen molar-refractivity contribution in [1.82, 2.24) is 4.48 Å². The van der Waals surface area contributed by atoms with E-state index >= 15 is 0 Å². The fourth-order valence-corrected chi connectivity index (χ4v) is 4.41. The van der Waals surface area contributed by atoms with Gasteiger partial charge in [-0.05, 0) is 44.7 Å². The lowest BCUT2D eigenvalue weighted by Crippen LogP contribution is -2.68. The highest BCUT2D eigenvalue weighted by Gasteiger charge is 2.28. The lowest BCUT2D eigenvalue weighted by atomic mass is 10.0. The summed E-state index contributed by atoms with van der Waals surface area (Å²) in [4.78, 5) is 0. The molecule has 0 saturated carbocycles. The Bertz CT molecular complexity index is 546. The maximum atomic E-state index is 8.49. The van der Waals surface area contributed by atoms with Crippen molar-refractivity contribution < 1.29 is 28.9 Å². The van der Waals surface area contributed by atoms with Gasteiger partial charge in [-0.15, -0.1) is 10.2 Å². The van der Waals surface area contributed by atoms with Gasteiger partial charge < -0.3 is 0 Å². The van der Waals surface area contributed by atoms with Gasteiger partial charge in [-0.2, -0.15) is 0 Å². The largest absolute Gasteiger partial charge is 0.291 e. The fourth-order valence-electron chi connectivity index (χ4n) is 4.41. The Morgan fingerprint density at radius 1 is 0.545 bits per heavy atom. The van der Waals surface area contributed by atoms with Crippen LogP contribution in [-0.4, -0.2) is 19.6 Å². The molecule has 1 rings (SSSR count). The summed E-state index contributed by atoms with van der Waals surface area (Å²) in [6.45, 7) is 13.1. The van der Waals surface area contributed by atoms with E-state index in [-0.39, 0.29) is 0 Å². The minimum Gasteiger partial charge on any atom is -0.291 e. The molecule has 5 nitrogen and oxygen atoms in total. The second kappa shape index (κ2) is 19.6. The van der Waals surface area contributed by atoms with Gasteiger partial charge in [0.25, 0.3) is 0 Å². The average molecular weight is 488 g/mol. The van der Waals surface area contributed by atoms with Crippen LogP contribution in [0.5, 0.6) is 0 Å². The van der Waals surface area contributed by atoms with Gasteiger partial charge in [-0.3, -0.25) is 4.48 Å². The first-order chi connectivity index (χ1) is 15.7. The minimum atomic E-state index is -4.94. The van der Waals surface area contributed by atoms with Crippen LogP contribution in [-0.2, 0) is 0 Å². The molecular weight excluding hydrogens is 438 g/mol. The molecule has 0 radical (unpaired) electrons. The number of hydrogen-bond donors (Lipinski definition) is 0. The van der Waals surface area contributed by atoms with Crippen LogP contribution in [0.1, 0.15) is 116 Å². The molecule has 0 unspecified atom stereocenters. The van der Waals surface area contributed by atoms with Crippen LogP contribution in [0.2, 0.25) is 0 Å². The maximum Gasteiger partial charge on any atom is 0.132 e. The molecule has 0 saturated heterocycles. The van der Waals surface area contributed by atoms with Crippen LogP contribution in [0.15, 0.2) is 24.3 Å². The van der Waals surface area contributed by atoms with Gasteiger partial charge in [0.05, 0.1) is 19.6 Å². The molecule has 0 aliphatic heterocycles. The number of benzene rings is 1. The van der Waals surface area contributed by atoms with Crippen molar-refractivity contribution in [2.75, 3.05) is 19.6 Å². The number of unbranched alkanes of at least 4 members (excludes halogenated alkanes) is 11. The molecule has 0 aromatic heterocycles. The minimum absolute atomic E-state index is 1.22. The molecule has 1 aromatic carbocycles. The predicted octanol–water partition coefficient (Wildman–Crippen LogP) is 4.07. The van der Waals surface area contributed by atoms with Crippen LogP contribution in [0.4, 0.5) is 5.69 Å². The number of halogens is 1. The molecule has 0 amide bonds. The molecule has 0 aliphatic carbocycles. The summed E-state index contributed by atoms with van der Waals surface area (Å²) in [5, 5.41) is 0. The maximum absolute atomic E-state index is 8.49. The Labute approximate surface area is 206 Å². The third kappa shape index (κ3) is 18.3. The van der Waals surface area contributed by atoms with Gasteiger partial charge in [0.1, 0.15) is 5.69 Å². The lowest BCUT2D eigenvalue weighted by Gasteiger charge is -2.39. The third-order valence-electron chi connectivity index (χ3n) is 6.40. The van der Waals surface area contributed by atoms with Gasteiger partial charge in [0.15, 0.2) is 0 Å². The number of nitrogens with zero attached hydrogens (tertiary/aromatic N) is 1. The van der Waals surface area contributed by atoms with Crippen molar-refractivity contribution in [1.29, 1.82) is 0 Å². The van der Waals surface area contributed by atoms with Crippen molar-refractivity contribution in [3.8, 4) is 0 Å². The highest BCUT2D eigenvalue weighted by Crippen LogP contribution is 2.27. The Balaban J connectivity index is 0.00000184. The molecule has 0 bridgehead atoms. The van der Waals surface area contributed by atoms with Crippen molar-refractivity contribution in [3.63, 3.8) is 0 Å². The molecule has 0 N–H and O–H groups in total. The van der Waals surface area contributed by atoms with Gasteiger partial charge in [-0.1, -0.05) is 103 Å². The highest BCUT2D eigenvalue weighted by molar-refractivity contribution is 5.44. The Hall–Kier alpha value is -0.690. The summed E-state index contributed by atoms with van der Waals surface area (Å²) in [5.41, 5.74) is 2.94. The molecule has 0 fully saturated rings. The quantitative estimate of drug-likeness (QED) is 0.230. The lowest BCUT2D eigenvalue weighted by molar-refractivity contribution is -2.00. The number of aryl methyl sites for hydroxylation is 1. The zero-order valence-corrected chi connectivity index (χ0v) is 22.5. The van der Waals surface area contributed by atoms with E-state index in [1.165, 1.54) is 120 Å². The zero-order valence-electron chi connectivity index (χ0n) is 21.8. The van der Waals surface area contributed by atoms with Crippen molar-refractivity contribution in [2.24, 2.45) is 0 Å². The average Bonchev–Trinajstić information content (AvgIpc) is 2.76. The van der Waals surface area contributed by atoms with Gasteiger partial charge >= 0.3 is 0 Å². The molecule has 194 valence electrons. The van der Waals surface area contributed by atoms with Crippen molar-refractivity contribution in [2.45, 2.75) is 118 Å². The summed E-state index contributed by atoms with van der Waals surface area (Å²) in [6, 6.07) is 9.46. The van der Waals surface area contributed by atoms with Gasteiger partial charge in [-0.25, -0.2) is 18.6 Å². The van der Waals surface area contributed by atoms with Crippen LogP contribution in [0, 0.1) is 17.2 Å². The van der Waals surface area contributed by atoms with Crippen molar-refractivity contribution >= 4 is 5.69 Å². The normalized spacial score (nSPS) is 11.9. The van der Waals surface area contributed by atoms with E-state index in [0.29, 0.717) is 0 Å². The monoisotopic (exact) mass is 487 g/mol. The Morgan fingerprint density at radius 2 is 0.879 bits per heavy atom. The van der Waals surface area contributed by atoms with Crippen LogP contribution in [0.3, 0.4) is 0 Å². The summed E-state index contributed by atoms with van der Waals surface area (Å²) < 4.78 is 35.2. The molecule has 33 heavy (non-hydrogen) atoms. The van der Waals surface area contributed by atoms with Gasteiger partial charge in [0.2, 0.25) is 0 Å². The zero-order chi connectivity index (χ0) is 25.0. The summed E-state index contributed by atoms with van der Waals surface area (Å²) >= 11 is 0. The topological polar surface area (TPSA) is 92.2 Å². The highest BCUT2D eigenvalue weighted by atomic mass is 35.7. The fraction of sp³-hybridized carbons (Fsp3) is 0.778. The van der Waals surface area contributed by atoms with E-state index in [1.54, 1.807) is 5.69 Å². The molecule has 0 heterocycles. The second-order valence-electron chi connectivity index (χ2n) is 9.42. The Kier molecular flexibility index (Phi) is 19.2. The number of quaternary nitrogens is 1. The van der Waals surface area contributed by atoms with E-state index in [9.17, 15) is 0 Å². The second-order valence-corrected chi connectivity index (χ2v) is 10.2. The third-order valence-corrected chi connectivity index (χ3v) is 6.40. The van der Waals surface area contributed by atoms with Crippen LogP contribution >= 0.6 is 0 Å². The smallest absolute Gasteiger partial charge is 0.132 e. The van der Waals surface area contributed by atoms with E-state index in [2.05, 4.69) is 52.0 Å². The van der Waals surface area contributed by atoms with E-state index < -0.39 is 10.2 Å². The summed E-state index contributed by atoms with van der Waals surface area (Å²) in [7, 11) is -4.94. The molecular formula is C27H50ClNO4. The van der Waals surface area contributed by atoms with Crippen LogP contribution < -0.4 is 23.1 Å². The number of rotatable bonds is 18. The molecule has 0 atom stereocenters. The number of hydrogen-bond acceptors (Lipinski definition) is 4. The first-order valence-corrected chi connectivity index (χ1v) is 14.5. The van der Waals surface area contributed by atoms with Crippen LogP contribution in [0.25, 0.3) is 0 Å². The SMILES string of the molecule is CCCCCCCCCCCC[N+](CCCC)(CCCC)c1ccc(C)cc1.[O-][Cl+3]([O-])([O-])[O-]. The first kappa shape index (κ1) is 32.3. The standard InChI is InChI=1S/C27H50N.ClHO4/c1-5-8-11-12-13-14-15-16-17-18-25-28(23-9-6-2,24-10-7-3)27-21-19-26(4)20-22-27;2-1(3,4)5/h19-22H,5-18,23-25H2,1-4H3;(H,2,3,4,5)/q+1;/p-1. The Morgan fingerprint density at radius 3 is 1.27 bits per heavy atom. The van der Waals surface area contributed by atoms with E-state index in [4.69, 9.17) is 18.6 Å². The molecule has 6 heteroatoms. The van der Waals surface area contributed by atoms with E-state index in [0.717, 1.165) is 0 Å². The van der Waals surface area contributed by atoms with E-state index in [1.807, 2.05) is 0 Å². The predicted molar refractivity (Wildman–Crippen MR) is 129 cm³/mol. The molecule has 0 spiro atoms.